The van der Waals surface area contributed by atoms with Gasteiger partial charge in [-0.05, 0) is 25.0 Å². The molecule has 0 saturated carbocycles. The molecule has 18 heavy (non-hydrogen) atoms. The van der Waals surface area contributed by atoms with Crippen LogP contribution in [0, 0.1) is 6.92 Å². The van der Waals surface area contributed by atoms with Gasteiger partial charge in [-0.2, -0.15) is 0 Å². The minimum absolute atomic E-state index is 0.0681. The van der Waals surface area contributed by atoms with E-state index in [2.05, 4.69) is 5.32 Å². The zero-order valence-corrected chi connectivity index (χ0v) is 10.7. The number of aryl methyl sites for hydroxylation is 1. The number of benzene rings is 1. The molecule has 3 N–H and O–H groups in total. The van der Waals surface area contributed by atoms with Gasteiger partial charge in [-0.3, -0.25) is 4.79 Å². The normalized spacial score (nSPS) is 9.89. The van der Waals surface area contributed by atoms with E-state index in [1.807, 2.05) is 0 Å². The fourth-order valence-electron chi connectivity index (χ4n) is 1.56. The molecule has 0 radical (unpaired) electrons. The smallest absolute Gasteiger partial charge is 0.340 e. The molecule has 0 spiro atoms. The highest BCUT2D eigenvalue weighted by atomic mass is 16.5. The summed E-state index contributed by atoms with van der Waals surface area (Å²) in [6.45, 7) is 2.01. The van der Waals surface area contributed by atoms with E-state index >= 15 is 0 Å². The van der Waals surface area contributed by atoms with E-state index in [4.69, 9.17) is 10.5 Å². The number of nitrogens with two attached hydrogens (primary N) is 1. The van der Waals surface area contributed by atoms with E-state index < -0.39 is 5.97 Å². The number of hydrogen-bond donors (Lipinski definition) is 2. The molecule has 0 aliphatic heterocycles. The summed E-state index contributed by atoms with van der Waals surface area (Å²) < 4.78 is 5.09. The molecule has 0 atom stereocenters. The average molecular weight is 250 g/mol. The average Bonchev–Trinajstić information content (AvgIpc) is 2.34. The van der Waals surface area contributed by atoms with Gasteiger partial charge in [-0.1, -0.05) is 12.1 Å². The zero-order valence-electron chi connectivity index (χ0n) is 10.7. The Morgan fingerprint density at radius 1 is 1.39 bits per heavy atom. The first-order valence-corrected chi connectivity index (χ1v) is 5.79. The summed E-state index contributed by atoms with van der Waals surface area (Å²) in [5.74, 6) is -0.510. The molecule has 0 saturated heterocycles. The summed E-state index contributed by atoms with van der Waals surface area (Å²) >= 11 is 0. The Morgan fingerprint density at radius 3 is 2.72 bits per heavy atom. The second kappa shape index (κ2) is 6.64. The number of amides is 1. The van der Waals surface area contributed by atoms with E-state index in [1.54, 1.807) is 32.2 Å². The summed E-state index contributed by atoms with van der Waals surface area (Å²) in [5, 5.41) is 2.50. The van der Waals surface area contributed by atoms with Crippen LogP contribution in [0.25, 0.3) is 0 Å². The third kappa shape index (κ3) is 3.76. The highest BCUT2D eigenvalue weighted by molar-refractivity contribution is 5.96. The minimum Gasteiger partial charge on any atom is -0.462 e. The van der Waals surface area contributed by atoms with Crippen LogP contribution in [0.5, 0.6) is 0 Å². The van der Waals surface area contributed by atoms with Crippen molar-refractivity contribution in [1.82, 2.24) is 5.32 Å². The number of nitrogen functional groups attached to an aromatic ring is 1. The quantitative estimate of drug-likeness (QED) is 0.468. The first-order chi connectivity index (χ1) is 8.56. The first kappa shape index (κ1) is 14.0. The Hall–Kier alpha value is -2.04. The van der Waals surface area contributed by atoms with Gasteiger partial charge >= 0.3 is 5.97 Å². The van der Waals surface area contributed by atoms with E-state index in [0.29, 0.717) is 24.1 Å². The molecule has 1 aromatic rings. The number of nitrogens with one attached hydrogen (secondary N) is 1. The summed E-state index contributed by atoms with van der Waals surface area (Å²) in [5.41, 5.74) is 7.32. The first-order valence-electron chi connectivity index (χ1n) is 5.79. The van der Waals surface area contributed by atoms with Crippen LogP contribution < -0.4 is 11.1 Å². The maximum absolute atomic E-state index is 11.8. The van der Waals surface area contributed by atoms with Gasteiger partial charge in [-0.15, -0.1) is 0 Å². The van der Waals surface area contributed by atoms with Crippen molar-refractivity contribution in [3.63, 3.8) is 0 Å². The SMILES string of the molecule is CNC(=O)CCCOC(=O)c1c(C)cccc1N. The summed E-state index contributed by atoms with van der Waals surface area (Å²) in [6.07, 6.45) is 0.838. The summed E-state index contributed by atoms with van der Waals surface area (Å²) in [4.78, 5) is 22.8. The number of rotatable bonds is 5. The van der Waals surface area contributed by atoms with E-state index in [1.165, 1.54) is 0 Å². The Kier molecular flexibility index (Phi) is 5.17. The molecule has 1 rings (SSSR count). The van der Waals surface area contributed by atoms with E-state index in [0.717, 1.165) is 5.56 Å². The molecule has 98 valence electrons. The molecule has 1 amide bonds. The van der Waals surface area contributed by atoms with Crippen molar-refractivity contribution in [2.75, 3.05) is 19.4 Å². The van der Waals surface area contributed by atoms with Crippen LogP contribution in [-0.4, -0.2) is 25.5 Å². The molecular formula is C13H18N2O3. The lowest BCUT2D eigenvalue weighted by Crippen LogP contribution is -2.18. The molecule has 0 unspecified atom stereocenters. The van der Waals surface area contributed by atoms with Gasteiger partial charge in [0.2, 0.25) is 5.91 Å². The van der Waals surface area contributed by atoms with Crippen LogP contribution in [0.1, 0.15) is 28.8 Å². The topological polar surface area (TPSA) is 81.4 Å². The Bertz CT molecular complexity index is 424. The predicted molar refractivity (Wildman–Crippen MR) is 69.2 cm³/mol. The lowest BCUT2D eigenvalue weighted by molar-refractivity contribution is -0.120. The molecule has 5 nitrogen and oxygen atoms in total. The lowest BCUT2D eigenvalue weighted by atomic mass is 10.1. The van der Waals surface area contributed by atoms with Gasteiger partial charge in [0.1, 0.15) is 0 Å². The van der Waals surface area contributed by atoms with Crippen LogP contribution in [0.2, 0.25) is 0 Å². The number of carbonyl (C=O) groups excluding carboxylic acids is 2. The van der Waals surface area contributed by atoms with Gasteiger partial charge in [0.05, 0.1) is 12.2 Å². The third-order valence-corrected chi connectivity index (χ3v) is 2.57. The fraction of sp³-hybridized carbons (Fsp3) is 0.385. The van der Waals surface area contributed by atoms with Crippen LogP contribution in [-0.2, 0) is 9.53 Å². The minimum atomic E-state index is -0.442. The second-order valence-electron chi connectivity index (χ2n) is 3.95. The monoisotopic (exact) mass is 250 g/mol. The van der Waals surface area contributed by atoms with Crippen LogP contribution in [0.3, 0.4) is 0 Å². The van der Waals surface area contributed by atoms with Gasteiger partial charge in [0, 0.05) is 19.2 Å². The van der Waals surface area contributed by atoms with Crippen molar-refractivity contribution in [3.8, 4) is 0 Å². The molecule has 0 aliphatic carbocycles. The fourth-order valence-corrected chi connectivity index (χ4v) is 1.56. The predicted octanol–water partition coefficient (Wildman–Crippen LogP) is 1.26. The molecular weight excluding hydrogens is 232 g/mol. The number of hydrogen-bond acceptors (Lipinski definition) is 4. The number of ether oxygens (including phenoxy) is 1. The van der Waals surface area contributed by atoms with Crippen molar-refractivity contribution in [1.29, 1.82) is 0 Å². The van der Waals surface area contributed by atoms with Crippen molar-refractivity contribution >= 4 is 17.6 Å². The van der Waals surface area contributed by atoms with Gasteiger partial charge < -0.3 is 15.8 Å². The third-order valence-electron chi connectivity index (χ3n) is 2.57. The van der Waals surface area contributed by atoms with Crippen molar-refractivity contribution in [3.05, 3.63) is 29.3 Å². The lowest BCUT2D eigenvalue weighted by Gasteiger charge is -2.09. The van der Waals surface area contributed by atoms with Gasteiger partial charge in [0.15, 0.2) is 0 Å². The molecule has 5 heteroatoms. The second-order valence-corrected chi connectivity index (χ2v) is 3.95. The van der Waals surface area contributed by atoms with Gasteiger partial charge in [0.25, 0.3) is 0 Å². The van der Waals surface area contributed by atoms with E-state index in [9.17, 15) is 9.59 Å². The number of anilines is 1. The van der Waals surface area contributed by atoms with Crippen LogP contribution in [0.15, 0.2) is 18.2 Å². The Labute approximate surface area is 106 Å². The maximum Gasteiger partial charge on any atom is 0.340 e. The summed E-state index contributed by atoms with van der Waals surface area (Å²) in [7, 11) is 1.57. The Balaban J connectivity index is 2.49. The highest BCUT2D eigenvalue weighted by Gasteiger charge is 2.13. The molecule has 0 aromatic heterocycles. The maximum atomic E-state index is 11.8. The molecule has 0 fully saturated rings. The molecule has 0 aliphatic rings. The highest BCUT2D eigenvalue weighted by Crippen LogP contribution is 2.17. The molecule has 0 bridgehead atoms. The molecule has 0 heterocycles. The Morgan fingerprint density at radius 2 is 2.11 bits per heavy atom. The van der Waals surface area contributed by atoms with Crippen LogP contribution >= 0.6 is 0 Å². The van der Waals surface area contributed by atoms with Crippen molar-refractivity contribution in [2.24, 2.45) is 0 Å². The van der Waals surface area contributed by atoms with Crippen molar-refractivity contribution < 1.29 is 14.3 Å². The largest absolute Gasteiger partial charge is 0.462 e. The molecule has 1 aromatic carbocycles. The zero-order chi connectivity index (χ0) is 13.5. The van der Waals surface area contributed by atoms with Crippen LogP contribution in [0.4, 0.5) is 5.69 Å². The van der Waals surface area contributed by atoms with E-state index in [-0.39, 0.29) is 12.5 Å². The van der Waals surface area contributed by atoms with Gasteiger partial charge in [-0.25, -0.2) is 4.79 Å². The standard InChI is InChI=1S/C13H18N2O3/c1-9-5-3-6-10(14)12(9)13(17)18-8-4-7-11(16)15-2/h3,5-6H,4,7-8,14H2,1-2H3,(H,15,16). The number of esters is 1. The number of carbonyl (C=O) groups is 2. The summed E-state index contributed by atoms with van der Waals surface area (Å²) in [6, 6.07) is 5.25. The van der Waals surface area contributed by atoms with Crippen molar-refractivity contribution in [2.45, 2.75) is 19.8 Å².